The van der Waals surface area contributed by atoms with E-state index in [-0.39, 0.29) is 5.82 Å². The highest BCUT2D eigenvalue weighted by Crippen LogP contribution is 2.35. The van der Waals surface area contributed by atoms with Gasteiger partial charge in [-0.2, -0.15) is 0 Å². The minimum Gasteiger partial charge on any atom is -0.455 e. The number of rotatable bonds is 2. The van der Waals surface area contributed by atoms with Gasteiger partial charge in [0.25, 0.3) is 0 Å². The summed E-state index contributed by atoms with van der Waals surface area (Å²) in [6.45, 7) is 0. The van der Waals surface area contributed by atoms with Crippen LogP contribution in [-0.2, 0) is 0 Å². The maximum absolute atomic E-state index is 13.1. The third kappa shape index (κ3) is 2.88. The van der Waals surface area contributed by atoms with E-state index in [0.29, 0.717) is 31.7 Å². The SMILES string of the molecule is Nc1cc(Cl)c(Cl)cc1Oc1ccc(F)c(Br)c1. The predicted octanol–water partition coefficient (Wildman–Crippen LogP) is 5.27. The van der Waals surface area contributed by atoms with Crippen LogP contribution in [-0.4, -0.2) is 0 Å². The molecular weight excluding hydrogens is 344 g/mol. The van der Waals surface area contributed by atoms with Crippen molar-refractivity contribution >= 4 is 44.8 Å². The second kappa shape index (κ2) is 5.34. The fraction of sp³-hybridized carbons (Fsp3) is 0. The maximum atomic E-state index is 13.1. The van der Waals surface area contributed by atoms with Crippen molar-refractivity contribution in [3.63, 3.8) is 0 Å². The van der Waals surface area contributed by atoms with Gasteiger partial charge in [0.15, 0.2) is 5.75 Å². The number of ether oxygens (including phenoxy) is 1. The zero-order chi connectivity index (χ0) is 13.3. The lowest BCUT2D eigenvalue weighted by Gasteiger charge is -2.10. The van der Waals surface area contributed by atoms with Crippen LogP contribution in [0, 0.1) is 5.82 Å². The lowest BCUT2D eigenvalue weighted by molar-refractivity contribution is 0.482. The van der Waals surface area contributed by atoms with Crippen LogP contribution in [0.1, 0.15) is 0 Å². The molecule has 2 aromatic carbocycles. The molecule has 2 aromatic rings. The van der Waals surface area contributed by atoms with Crippen LogP contribution in [0.15, 0.2) is 34.8 Å². The van der Waals surface area contributed by atoms with E-state index < -0.39 is 0 Å². The molecule has 0 amide bonds. The zero-order valence-corrected chi connectivity index (χ0v) is 12.0. The molecule has 94 valence electrons. The van der Waals surface area contributed by atoms with Crippen molar-refractivity contribution in [2.75, 3.05) is 5.73 Å². The van der Waals surface area contributed by atoms with Crippen LogP contribution in [0.3, 0.4) is 0 Å². The Morgan fingerprint density at radius 2 is 1.78 bits per heavy atom. The fourth-order valence-corrected chi connectivity index (χ4v) is 1.98. The van der Waals surface area contributed by atoms with E-state index in [0.717, 1.165) is 0 Å². The summed E-state index contributed by atoms with van der Waals surface area (Å²) in [6, 6.07) is 7.28. The first-order valence-electron chi connectivity index (χ1n) is 4.85. The molecule has 0 radical (unpaired) electrons. The fourth-order valence-electron chi connectivity index (χ4n) is 1.30. The van der Waals surface area contributed by atoms with Gasteiger partial charge in [0.05, 0.1) is 20.2 Å². The van der Waals surface area contributed by atoms with Gasteiger partial charge in [-0.1, -0.05) is 23.2 Å². The van der Waals surface area contributed by atoms with Crippen molar-refractivity contribution < 1.29 is 9.13 Å². The Hall–Kier alpha value is -0.970. The van der Waals surface area contributed by atoms with Crippen molar-refractivity contribution in [3.8, 4) is 11.5 Å². The Bertz CT molecular complexity index is 607. The topological polar surface area (TPSA) is 35.2 Å². The lowest BCUT2D eigenvalue weighted by Crippen LogP contribution is -1.93. The molecule has 0 bridgehead atoms. The summed E-state index contributed by atoms with van der Waals surface area (Å²) in [5.74, 6) is 0.431. The molecule has 0 aliphatic carbocycles. The van der Waals surface area contributed by atoms with Crippen LogP contribution in [0.5, 0.6) is 11.5 Å². The van der Waals surface area contributed by atoms with Crippen LogP contribution in [0.2, 0.25) is 10.0 Å². The molecule has 0 saturated carbocycles. The van der Waals surface area contributed by atoms with Gasteiger partial charge in [-0.25, -0.2) is 4.39 Å². The largest absolute Gasteiger partial charge is 0.455 e. The minimum atomic E-state index is -0.371. The summed E-state index contributed by atoms with van der Waals surface area (Å²) in [5, 5.41) is 0.684. The van der Waals surface area contributed by atoms with Gasteiger partial charge in [0.1, 0.15) is 11.6 Å². The minimum absolute atomic E-state index is 0.304. The van der Waals surface area contributed by atoms with Gasteiger partial charge in [-0.15, -0.1) is 0 Å². The quantitative estimate of drug-likeness (QED) is 0.749. The van der Waals surface area contributed by atoms with Crippen LogP contribution >= 0.6 is 39.1 Å². The Balaban J connectivity index is 2.34. The van der Waals surface area contributed by atoms with Crippen molar-refractivity contribution in [2.24, 2.45) is 0 Å². The average Bonchev–Trinajstić information content (AvgIpc) is 2.31. The summed E-state index contributed by atoms with van der Waals surface area (Å²) in [4.78, 5) is 0. The molecule has 18 heavy (non-hydrogen) atoms. The Morgan fingerprint density at radius 3 is 2.44 bits per heavy atom. The molecule has 2 N–H and O–H groups in total. The number of halogens is 4. The van der Waals surface area contributed by atoms with E-state index in [1.807, 2.05) is 0 Å². The third-order valence-corrected chi connectivity index (χ3v) is 3.50. The van der Waals surface area contributed by atoms with E-state index in [1.54, 1.807) is 0 Å². The van der Waals surface area contributed by atoms with Crippen LogP contribution in [0.4, 0.5) is 10.1 Å². The second-order valence-electron chi connectivity index (χ2n) is 3.48. The highest BCUT2D eigenvalue weighted by Gasteiger charge is 2.08. The highest BCUT2D eigenvalue weighted by molar-refractivity contribution is 9.10. The van der Waals surface area contributed by atoms with Crippen molar-refractivity contribution in [1.29, 1.82) is 0 Å². The first-order valence-corrected chi connectivity index (χ1v) is 6.39. The van der Waals surface area contributed by atoms with E-state index >= 15 is 0 Å². The molecule has 0 heterocycles. The molecule has 0 unspecified atom stereocenters. The Kier molecular flexibility index (Phi) is 4.00. The highest BCUT2D eigenvalue weighted by atomic mass is 79.9. The third-order valence-electron chi connectivity index (χ3n) is 2.17. The van der Waals surface area contributed by atoms with Crippen molar-refractivity contribution in [3.05, 3.63) is 50.7 Å². The molecule has 0 aliphatic rings. The van der Waals surface area contributed by atoms with Gasteiger partial charge in [-0.05, 0) is 40.2 Å². The first kappa shape index (κ1) is 13.5. The molecule has 0 aliphatic heterocycles. The molecule has 2 nitrogen and oxygen atoms in total. The number of nitrogen functional groups attached to an aromatic ring is 1. The second-order valence-corrected chi connectivity index (χ2v) is 5.15. The molecule has 0 atom stereocenters. The summed E-state index contributed by atoms with van der Waals surface area (Å²) in [7, 11) is 0. The zero-order valence-electron chi connectivity index (χ0n) is 8.88. The number of hydrogen-bond acceptors (Lipinski definition) is 2. The first-order chi connectivity index (χ1) is 8.47. The van der Waals surface area contributed by atoms with E-state index in [1.165, 1.54) is 30.3 Å². The van der Waals surface area contributed by atoms with Crippen LogP contribution in [0.25, 0.3) is 0 Å². The average molecular weight is 351 g/mol. The van der Waals surface area contributed by atoms with Gasteiger partial charge in [-0.3, -0.25) is 0 Å². The Labute approximate surface area is 122 Å². The predicted molar refractivity (Wildman–Crippen MR) is 75.0 cm³/mol. The molecule has 0 spiro atoms. The van der Waals surface area contributed by atoms with Gasteiger partial charge < -0.3 is 10.5 Å². The van der Waals surface area contributed by atoms with E-state index in [4.69, 9.17) is 33.7 Å². The molecular formula is C12H7BrCl2FNO. The Morgan fingerprint density at radius 1 is 1.11 bits per heavy atom. The van der Waals surface area contributed by atoms with Crippen molar-refractivity contribution in [1.82, 2.24) is 0 Å². The molecule has 0 aromatic heterocycles. The summed E-state index contributed by atoms with van der Waals surface area (Å²) in [6.07, 6.45) is 0. The summed E-state index contributed by atoms with van der Waals surface area (Å²) >= 11 is 14.8. The number of benzene rings is 2. The van der Waals surface area contributed by atoms with Crippen LogP contribution < -0.4 is 10.5 Å². The van der Waals surface area contributed by atoms with Gasteiger partial charge >= 0.3 is 0 Å². The standard InChI is InChI=1S/C12H7BrCl2FNO/c13-7-3-6(1-2-10(7)16)18-12-5-9(15)8(14)4-11(12)17/h1-5H,17H2. The monoisotopic (exact) mass is 349 g/mol. The van der Waals surface area contributed by atoms with Gasteiger partial charge in [0.2, 0.25) is 0 Å². The van der Waals surface area contributed by atoms with E-state index in [9.17, 15) is 4.39 Å². The maximum Gasteiger partial charge on any atom is 0.151 e. The molecule has 0 fully saturated rings. The molecule has 2 rings (SSSR count). The summed E-state index contributed by atoms with van der Waals surface area (Å²) < 4.78 is 18.9. The van der Waals surface area contributed by atoms with Crippen molar-refractivity contribution in [2.45, 2.75) is 0 Å². The lowest BCUT2D eigenvalue weighted by atomic mass is 10.3. The number of hydrogen-bond donors (Lipinski definition) is 1. The van der Waals surface area contributed by atoms with Gasteiger partial charge in [0, 0.05) is 6.07 Å². The molecule has 6 heteroatoms. The summed E-state index contributed by atoms with van der Waals surface area (Å²) in [5.41, 5.74) is 6.10. The molecule has 0 saturated heterocycles. The normalized spacial score (nSPS) is 10.4. The number of anilines is 1. The number of nitrogens with two attached hydrogens (primary N) is 1. The smallest absolute Gasteiger partial charge is 0.151 e. The van der Waals surface area contributed by atoms with E-state index in [2.05, 4.69) is 15.9 Å².